The molecule has 162 valence electrons. The summed E-state index contributed by atoms with van der Waals surface area (Å²) >= 11 is 0. The highest BCUT2D eigenvalue weighted by molar-refractivity contribution is 7.89. The molecule has 1 unspecified atom stereocenters. The Morgan fingerprint density at radius 3 is 2.47 bits per heavy atom. The van der Waals surface area contributed by atoms with Gasteiger partial charge >= 0.3 is 0 Å². The highest BCUT2D eigenvalue weighted by Crippen LogP contribution is 2.22. The predicted molar refractivity (Wildman–Crippen MR) is 120 cm³/mol. The molecule has 2 aromatic carbocycles. The van der Waals surface area contributed by atoms with E-state index in [4.69, 9.17) is 0 Å². The topological polar surface area (TPSA) is 57.7 Å². The van der Waals surface area contributed by atoms with Crippen LogP contribution in [-0.4, -0.2) is 49.4 Å². The second kappa shape index (κ2) is 10.2. The Balaban J connectivity index is 1.53. The van der Waals surface area contributed by atoms with E-state index in [-0.39, 0.29) is 17.6 Å². The van der Waals surface area contributed by atoms with E-state index in [0.29, 0.717) is 26.1 Å². The van der Waals surface area contributed by atoms with Gasteiger partial charge < -0.3 is 4.90 Å². The second-order valence-corrected chi connectivity index (χ2v) is 10.4. The summed E-state index contributed by atoms with van der Waals surface area (Å²) in [5, 5.41) is 0. The molecule has 0 saturated carbocycles. The molecule has 3 rings (SSSR count). The van der Waals surface area contributed by atoms with Crippen LogP contribution >= 0.6 is 0 Å². The monoisotopic (exact) mass is 428 g/mol. The van der Waals surface area contributed by atoms with E-state index in [2.05, 4.69) is 0 Å². The maximum absolute atomic E-state index is 12.9. The Hall–Kier alpha value is -2.18. The molecule has 2 aromatic rings. The fourth-order valence-electron chi connectivity index (χ4n) is 3.99. The van der Waals surface area contributed by atoms with Crippen LogP contribution in [0.15, 0.2) is 54.6 Å². The fraction of sp³-hybridized carbons (Fsp3) is 0.458. The zero-order valence-electron chi connectivity index (χ0n) is 18.0. The number of benzene rings is 2. The molecule has 1 fully saturated rings. The highest BCUT2D eigenvalue weighted by atomic mass is 32.2. The standard InChI is InChI=1S/C24H32N2O3S/c1-20-12-14-22(15-13-20)18-25(2)24(27)23-11-6-16-26(19-23)30(28,29)17-7-10-21-8-4-3-5-9-21/h3-5,8-9,12-15,23H,6-7,10-11,16-19H2,1-2H3. The predicted octanol–water partition coefficient (Wildman–Crippen LogP) is 3.63. The van der Waals surface area contributed by atoms with Crippen LogP contribution in [0.2, 0.25) is 0 Å². The maximum atomic E-state index is 12.9. The van der Waals surface area contributed by atoms with Crippen molar-refractivity contribution in [3.05, 3.63) is 71.3 Å². The number of amides is 1. The summed E-state index contributed by atoms with van der Waals surface area (Å²) in [6.07, 6.45) is 2.81. The first-order valence-electron chi connectivity index (χ1n) is 10.7. The molecule has 0 spiro atoms. The van der Waals surface area contributed by atoms with Crippen molar-refractivity contribution in [2.75, 3.05) is 25.9 Å². The van der Waals surface area contributed by atoms with Crippen LogP contribution in [0.4, 0.5) is 0 Å². The van der Waals surface area contributed by atoms with Gasteiger partial charge in [-0.25, -0.2) is 12.7 Å². The molecule has 1 saturated heterocycles. The van der Waals surface area contributed by atoms with Crippen molar-refractivity contribution in [1.82, 2.24) is 9.21 Å². The molecule has 1 heterocycles. The summed E-state index contributed by atoms with van der Waals surface area (Å²) in [6.45, 7) is 3.39. The van der Waals surface area contributed by atoms with Crippen LogP contribution in [-0.2, 0) is 27.8 Å². The smallest absolute Gasteiger partial charge is 0.227 e. The normalized spacial score (nSPS) is 17.6. The van der Waals surface area contributed by atoms with Crippen molar-refractivity contribution in [2.45, 2.75) is 39.2 Å². The molecule has 0 aliphatic carbocycles. The van der Waals surface area contributed by atoms with E-state index in [1.165, 1.54) is 9.87 Å². The van der Waals surface area contributed by atoms with E-state index in [0.717, 1.165) is 30.4 Å². The zero-order chi connectivity index (χ0) is 21.6. The molecule has 1 aliphatic heterocycles. The average molecular weight is 429 g/mol. The third-order valence-electron chi connectivity index (χ3n) is 5.75. The third kappa shape index (κ3) is 6.16. The number of sulfonamides is 1. The van der Waals surface area contributed by atoms with Gasteiger partial charge in [0.1, 0.15) is 0 Å². The number of carbonyl (C=O) groups is 1. The molecule has 5 nitrogen and oxygen atoms in total. The first kappa shape index (κ1) is 22.5. The fourth-order valence-corrected chi connectivity index (χ4v) is 5.57. The van der Waals surface area contributed by atoms with Crippen LogP contribution in [0.3, 0.4) is 0 Å². The van der Waals surface area contributed by atoms with Crippen molar-refractivity contribution < 1.29 is 13.2 Å². The minimum absolute atomic E-state index is 0.0276. The summed E-state index contributed by atoms with van der Waals surface area (Å²) in [5.74, 6) is -0.111. The maximum Gasteiger partial charge on any atom is 0.227 e. The minimum atomic E-state index is -3.35. The Morgan fingerprint density at radius 2 is 1.77 bits per heavy atom. The largest absolute Gasteiger partial charge is 0.341 e. The zero-order valence-corrected chi connectivity index (χ0v) is 18.8. The van der Waals surface area contributed by atoms with Gasteiger partial charge in [0.2, 0.25) is 15.9 Å². The lowest BCUT2D eigenvalue weighted by molar-refractivity contribution is -0.135. The number of hydrogen-bond acceptors (Lipinski definition) is 3. The highest BCUT2D eigenvalue weighted by Gasteiger charge is 2.33. The van der Waals surface area contributed by atoms with E-state index >= 15 is 0 Å². The van der Waals surface area contributed by atoms with Crippen LogP contribution in [0.5, 0.6) is 0 Å². The molecular weight excluding hydrogens is 396 g/mol. The van der Waals surface area contributed by atoms with E-state index in [9.17, 15) is 13.2 Å². The quantitative estimate of drug-likeness (QED) is 0.645. The first-order chi connectivity index (χ1) is 14.3. The second-order valence-electron chi connectivity index (χ2n) is 8.28. The third-order valence-corrected chi connectivity index (χ3v) is 7.68. The lowest BCUT2D eigenvalue weighted by Crippen LogP contribution is -2.46. The minimum Gasteiger partial charge on any atom is -0.341 e. The number of rotatable bonds is 8. The van der Waals surface area contributed by atoms with Gasteiger partial charge in [0, 0.05) is 26.7 Å². The molecule has 1 aliphatic rings. The van der Waals surface area contributed by atoms with Crippen LogP contribution in [0, 0.1) is 12.8 Å². The molecule has 1 atom stereocenters. The van der Waals surface area contributed by atoms with Gasteiger partial charge in [0.05, 0.1) is 11.7 Å². The molecule has 0 bridgehead atoms. The van der Waals surface area contributed by atoms with E-state index < -0.39 is 10.0 Å². The molecule has 6 heteroatoms. The van der Waals surface area contributed by atoms with Gasteiger partial charge in [-0.3, -0.25) is 4.79 Å². The van der Waals surface area contributed by atoms with Crippen LogP contribution in [0.25, 0.3) is 0 Å². The number of aryl methyl sites for hydroxylation is 2. The summed E-state index contributed by atoms with van der Waals surface area (Å²) < 4.78 is 27.2. The Bertz CT molecular complexity index is 927. The number of carbonyl (C=O) groups excluding carboxylic acids is 1. The summed E-state index contributed by atoms with van der Waals surface area (Å²) in [7, 11) is -1.55. The Kier molecular flexibility index (Phi) is 7.67. The molecule has 0 N–H and O–H groups in total. The van der Waals surface area contributed by atoms with Gasteiger partial charge in [-0.05, 0) is 43.7 Å². The Morgan fingerprint density at radius 1 is 1.07 bits per heavy atom. The van der Waals surface area contributed by atoms with Gasteiger partial charge in [0.25, 0.3) is 0 Å². The lowest BCUT2D eigenvalue weighted by Gasteiger charge is -2.33. The molecule has 30 heavy (non-hydrogen) atoms. The van der Waals surface area contributed by atoms with Crippen molar-refractivity contribution in [3.63, 3.8) is 0 Å². The molecule has 0 radical (unpaired) electrons. The van der Waals surface area contributed by atoms with Gasteiger partial charge in [0.15, 0.2) is 0 Å². The van der Waals surface area contributed by atoms with Crippen molar-refractivity contribution in [1.29, 1.82) is 0 Å². The molecule has 1 amide bonds. The van der Waals surface area contributed by atoms with Gasteiger partial charge in [-0.2, -0.15) is 0 Å². The molecule has 0 aromatic heterocycles. The average Bonchev–Trinajstić information content (AvgIpc) is 2.75. The Labute approximate surface area is 180 Å². The summed E-state index contributed by atoms with van der Waals surface area (Å²) in [4.78, 5) is 14.7. The van der Waals surface area contributed by atoms with E-state index in [1.807, 2.05) is 61.5 Å². The van der Waals surface area contributed by atoms with Gasteiger partial charge in [-0.15, -0.1) is 0 Å². The lowest BCUT2D eigenvalue weighted by atomic mass is 9.98. The SMILES string of the molecule is Cc1ccc(CN(C)C(=O)C2CCCN(S(=O)(=O)CCCc3ccccc3)C2)cc1. The molecular formula is C24H32N2O3S. The first-order valence-corrected chi connectivity index (χ1v) is 12.3. The number of piperidine rings is 1. The van der Waals surface area contributed by atoms with Crippen molar-refractivity contribution in [3.8, 4) is 0 Å². The summed E-state index contributed by atoms with van der Waals surface area (Å²) in [6, 6.07) is 18.1. The van der Waals surface area contributed by atoms with Gasteiger partial charge in [-0.1, -0.05) is 60.2 Å². The van der Waals surface area contributed by atoms with Crippen molar-refractivity contribution >= 4 is 15.9 Å². The van der Waals surface area contributed by atoms with E-state index in [1.54, 1.807) is 11.9 Å². The summed E-state index contributed by atoms with van der Waals surface area (Å²) in [5.41, 5.74) is 3.42. The number of nitrogens with zero attached hydrogens (tertiary/aromatic N) is 2. The number of hydrogen-bond donors (Lipinski definition) is 0. The van der Waals surface area contributed by atoms with Crippen LogP contribution < -0.4 is 0 Å². The van der Waals surface area contributed by atoms with Crippen molar-refractivity contribution in [2.24, 2.45) is 5.92 Å². The van der Waals surface area contributed by atoms with Crippen LogP contribution in [0.1, 0.15) is 36.0 Å².